The van der Waals surface area contributed by atoms with E-state index in [0.717, 1.165) is 32.2 Å². The number of amides is 2. The Kier molecular flexibility index (Phi) is 7.75. The van der Waals surface area contributed by atoms with Crippen LogP contribution in [0.25, 0.3) is 11.0 Å². The van der Waals surface area contributed by atoms with E-state index in [4.69, 9.17) is 4.74 Å². The highest BCUT2D eigenvalue weighted by Crippen LogP contribution is 2.47. The Morgan fingerprint density at radius 3 is 2.37 bits per heavy atom. The van der Waals surface area contributed by atoms with Gasteiger partial charge in [0, 0.05) is 55.9 Å². The van der Waals surface area contributed by atoms with Crippen LogP contribution in [0.3, 0.4) is 0 Å². The Morgan fingerprint density at radius 2 is 1.67 bits per heavy atom. The zero-order valence-corrected chi connectivity index (χ0v) is 23.4. The second-order valence-corrected chi connectivity index (χ2v) is 10.7. The van der Waals surface area contributed by atoms with E-state index >= 15 is 4.39 Å². The van der Waals surface area contributed by atoms with Crippen molar-refractivity contribution in [3.05, 3.63) is 72.1 Å². The Bertz CT molecular complexity index is 1730. The summed E-state index contributed by atoms with van der Waals surface area (Å²) in [6.07, 6.45) is 2.20. The van der Waals surface area contributed by atoms with Crippen LogP contribution in [0, 0.1) is 28.9 Å². The molecule has 1 saturated heterocycles. The van der Waals surface area contributed by atoms with Crippen LogP contribution in [0.15, 0.2) is 54.7 Å². The summed E-state index contributed by atoms with van der Waals surface area (Å²) in [5.41, 5.74) is 0.190. The number of benzene rings is 2. The van der Waals surface area contributed by atoms with Gasteiger partial charge in [0.15, 0.2) is 17.2 Å². The minimum absolute atomic E-state index is 0.0711. The standard InChI is InChI=1S/C31H29F2N7O3/c1-39-15-17-40(18-16-39)14-2-3-24-27-26(10-13-34-28(27)38-37-24)43-25-9-8-22(19-23(25)33)36-30(42)31(11-12-31)29(41)35-21-6-4-20(32)5-7-21/h4-10,13,19H,11-12,14-18H2,1H3,(H,35,41)(H,36,42)(H,34,37,38). The highest BCUT2D eigenvalue weighted by Gasteiger charge is 2.56. The predicted molar refractivity (Wildman–Crippen MR) is 157 cm³/mol. The summed E-state index contributed by atoms with van der Waals surface area (Å²) in [6.45, 7) is 4.51. The molecular formula is C31H29F2N7O3. The van der Waals surface area contributed by atoms with Crippen LogP contribution < -0.4 is 15.4 Å². The molecular weight excluding hydrogens is 556 g/mol. The van der Waals surface area contributed by atoms with Crippen LogP contribution in [0.5, 0.6) is 11.5 Å². The number of H-pyrrole nitrogens is 1. The highest BCUT2D eigenvalue weighted by molar-refractivity contribution is 6.16. The molecule has 0 spiro atoms. The van der Waals surface area contributed by atoms with Crippen molar-refractivity contribution in [1.82, 2.24) is 25.0 Å². The van der Waals surface area contributed by atoms with E-state index in [-0.39, 0.29) is 11.4 Å². The molecule has 43 heavy (non-hydrogen) atoms. The first-order chi connectivity index (χ1) is 20.8. The quantitative estimate of drug-likeness (QED) is 0.222. The Labute approximate surface area is 246 Å². The van der Waals surface area contributed by atoms with Gasteiger partial charge >= 0.3 is 0 Å². The lowest BCUT2D eigenvalue weighted by molar-refractivity contribution is -0.131. The molecule has 0 atom stereocenters. The molecule has 2 amide bonds. The molecule has 4 aromatic rings. The van der Waals surface area contributed by atoms with E-state index in [1.54, 1.807) is 6.07 Å². The summed E-state index contributed by atoms with van der Waals surface area (Å²) in [7, 11) is 2.10. The lowest BCUT2D eigenvalue weighted by atomic mass is 10.0. The third-order valence-corrected chi connectivity index (χ3v) is 7.66. The number of ether oxygens (including phenoxy) is 1. The minimum atomic E-state index is -1.27. The lowest BCUT2D eigenvalue weighted by Gasteiger charge is -2.30. The predicted octanol–water partition coefficient (Wildman–Crippen LogP) is 3.98. The summed E-state index contributed by atoms with van der Waals surface area (Å²) in [4.78, 5) is 34.6. The van der Waals surface area contributed by atoms with Crippen LogP contribution in [0.1, 0.15) is 18.5 Å². The van der Waals surface area contributed by atoms with Crippen molar-refractivity contribution >= 4 is 34.2 Å². The molecule has 0 bridgehead atoms. The maximum Gasteiger partial charge on any atom is 0.240 e. The van der Waals surface area contributed by atoms with Gasteiger partial charge in [0.25, 0.3) is 0 Å². The maximum atomic E-state index is 15.2. The number of aromatic amines is 1. The average molecular weight is 586 g/mol. The van der Waals surface area contributed by atoms with Gasteiger partial charge in [-0.15, -0.1) is 0 Å². The number of rotatable bonds is 7. The Hall–Kier alpha value is -4.86. The summed E-state index contributed by atoms with van der Waals surface area (Å²) < 4.78 is 34.3. The van der Waals surface area contributed by atoms with E-state index in [1.165, 1.54) is 42.6 Å². The number of halogens is 2. The van der Waals surface area contributed by atoms with Crippen molar-refractivity contribution in [2.75, 3.05) is 50.4 Å². The molecule has 2 aromatic heterocycles. The summed E-state index contributed by atoms with van der Waals surface area (Å²) >= 11 is 0. The summed E-state index contributed by atoms with van der Waals surface area (Å²) in [5.74, 6) is 4.35. The fourth-order valence-corrected chi connectivity index (χ4v) is 4.84. The van der Waals surface area contributed by atoms with E-state index in [1.807, 2.05) is 0 Å². The molecule has 3 N–H and O–H groups in total. The molecule has 12 heteroatoms. The molecule has 6 rings (SSSR count). The maximum absolute atomic E-state index is 15.2. The number of pyridine rings is 1. The van der Waals surface area contributed by atoms with Crippen molar-refractivity contribution in [3.8, 4) is 23.3 Å². The number of hydrogen-bond donors (Lipinski definition) is 3. The summed E-state index contributed by atoms with van der Waals surface area (Å²) in [6, 6.07) is 10.9. The van der Waals surface area contributed by atoms with Gasteiger partial charge in [-0.25, -0.2) is 13.8 Å². The van der Waals surface area contributed by atoms with Gasteiger partial charge in [-0.1, -0.05) is 5.92 Å². The Morgan fingerprint density at radius 1 is 0.977 bits per heavy atom. The topological polar surface area (TPSA) is 115 Å². The number of nitrogens with one attached hydrogen (secondary N) is 3. The van der Waals surface area contributed by atoms with E-state index in [2.05, 4.69) is 54.5 Å². The monoisotopic (exact) mass is 585 g/mol. The zero-order chi connectivity index (χ0) is 30.0. The van der Waals surface area contributed by atoms with Crippen LogP contribution in [-0.4, -0.2) is 76.6 Å². The van der Waals surface area contributed by atoms with Crippen LogP contribution >= 0.6 is 0 Å². The molecule has 1 aliphatic carbocycles. The average Bonchev–Trinajstić information content (AvgIpc) is 3.72. The first-order valence-electron chi connectivity index (χ1n) is 13.9. The fourth-order valence-electron chi connectivity index (χ4n) is 4.84. The third kappa shape index (κ3) is 6.18. The minimum Gasteiger partial charge on any atom is -0.453 e. The van der Waals surface area contributed by atoms with Gasteiger partial charge in [-0.2, -0.15) is 5.10 Å². The summed E-state index contributed by atoms with van der Waals surface area (Å²) in [5, 5.41) is 12.9. The number of anilines is 2. The second-order valence-electron chi connectivity index (χ2n) is 10.7. The zero-order valence-electron chi connectivity index (χ0n) is 23.4. The molecule has 10 nitrogen and oxygen atoms in total. The first-order valence-corrected chi connectivity index (χ1v) is 13.9. The molecule has 0 unspecified atom stereocenters. The van der Waals surface area contributed by atoms with Crippen molar-refractivity contribution in [1.29, 1.82) is 0 Å². The van der Waals surface area contributed by atoms with E-state index < -0.39 is 28.9 Å². The number of piperazine rings is 1. The number of hydrogen-bond acceptors (Lipinski definition) is 7. The smallest absolute Gasteiger partial charge is 0.240 e. The van der Waals surface area contributed by atoms with Gasteiger partial charge in [-0.05, 0) is 62.2 Å². The van der Waals surface area contributed by atoms with Crippen LogP contribution in [0.4, 0.5) is 20.2 Å². The van der Waals surface area contributed by atoms with Gasteiger partial charge < -0.3 is 20.3 Å². The molecule has 3 heterocycles. The number of aromatic nitrogens is 3. The first kappa shape index (κ1) is 28.3. The number of likely N-dealkylation sites (N-methyl/N-ethyl adjacent to an activating group) is 1. The number of carbonyl (C=O) groups excluding carboxylic acids is 2. The Balaban J connectivity index is 1.13. The van der Waals surface area contributed by atoms with Gasteiger partial charge in [-0.3, -0.25) is 19.6 Å². The molecule has 2 aromatic carbocycles. The normalized spacial score (nSPS) is 16.3. The van der Waals surface area contributed by atoms with Crippen molar-refractivity contribution < 1.29 is 23.1 Å². The largest absolute Gasteiger partial charge is 0.453 e. The van der Waals surface area contributed by atoms with Crippen molar-refractivity contribution in [2.24, 2.45) is 5.41 Å². The fraction of sp³-hybridized carbons (Fsp3) is 0.290. The molecule has 0 radical (unpaired) electrons. The van der Waals surface area contributed by atoms with Gasteiger partial charge in [0.1, 0.15) is 22.7 Å². The second kappa shape index (κ2) is 11.8. The number of nitrogens with zero attached hydrogens (tertiary/aromatic N) is 4. The number of carbonyl (C=O) groups is 2. The van der Waals surface area contributed by atoms with E-state index in [0.29, 0.717) is 47.6 Å². The van der Waals surface area contributed by atoms with Crippen LogP contribution in [-0.2, 0) is 9.59 Å². The third-order valence-electron chi connectivity index (χ3n) is 7.66. The highest BCUT2D eigenvalue weighted by atomic mass is 19.1. The van der Waals surface area contributed by atoms with Gasteiger partial charge in [0.05, 0.1) is 11.9 Å². The van der Waals surface area contributed by atoms with Crippen LogP contribution in [0.2, 0.25) is 0 Å². The molecule has 2 fully saturated rings. The molecule has 220 valence electrons. The van der Waals surface area contributed by atoms with E-state index in [9.17, 15) is 14.0 Å². The van der Waals surface area contributed by atoms with Gasteiger partial charge in [0.2, 0.25) is 11.8 Å². The lowest BCUT2D eigenvalue weighted by Crippen LogP contribution is -2.44. The number of fused-ring (bicyclic) bond motifs is 1. The van der Waals surface area contributed by atoms with Crippen molar-refractivity contribution in [3.63, 3.8) is 0 Å². The molecule has 1 saturated carbocycles. The van der Waals surface area contributed by atoms with Crippen molar-refractivity contribution in [2.45, 2.75) is 12.8 Å². The SMILES string of the molecule is CN1CCN(CC#Cc2[nH]nc3nccc(Oc4ccc(NC(=O)C5(C(=O)Nc6ccc(F)cc6)CC5)cc4F)c23)CC1. The molecule has 1 aliphatic heterocycles. The molecule has 2 aliphatic rings.